The molecule has 16 heavy (non-hydrogen) atoms. The molecule has 5 heteroatoms. The van der Waals surface area contributed by atoms with Crippen molar-refractivity contribution < 1.29 is 14.7 Å². The van der Waals surface area contributed by atoms with E-state index >= 15 is 0 Å². The van der Waals surface area contributed by atoms with Crippen LogP contribution in [0.15, 0.2) is 4.47 Å². The topological polar surface area (TPSA) is 64.7 Å². The van der Waals surface area contributed by atoms with Crippen LogP contribution in [0.2, 0.25) is 0 Å². The number of rotatable bonds is 4. The molecule has 0 atom stereocenters. The number of aromatic hydroxyl groups is 1. The highest BCUT2D eigenvalue weighted by Crippen LogP contribution is 2.41. The van der Waals surface area contributed by atoms with Gasteiger partial charge in [0.25, 0.3) is 0 Å². The summed E-state index contributed by atoms with van der Waals surface area (Å²) in [6.07, 6.45) is 0.545. The summed E-state index contributed by atoms with van der Waals surface area (Å²) >= 11 is 3.48. The van der Waals surface area contributed by atoms with Crippen LogP contribution < -0.4 is 10.6 Å². The van der Waals surface area contributed by atoms with Gasteiger partial charge in [-0.25, -0.2) is 5.90 Å². The molecule has 0 amide bonds. The molecule has 1 aromatic carbocycles. The van der Waals surface area contributed by atoms with E-state index in [1.165, 1.54) is 7.11 Å². The van der Waals surface area contributed by atoms with E-state index in [1.54, 1.807) is 0 Å². The average Bonchev–Trinajstić information content (AvgIpc) is 2.27. The maximum absolute atomic E-state index is 10.1. The van der Waals surface area contributed by atoms with Gasteiger partial charge in [0.05, 0.1) is 13.7 Å². The van der Waals surface area contributed by atoms with Crippen LogP contribution in [-0.2, 0) is 11.3 Å². The summed E-state index contributed by atoms with van der Waals surface area (Å²) in [4.78, 5) is 4.53. The van der Waals surface area contributed by atoms with Gasteiger partial charge in [-0.1, -0.05) is 15.9 Å². The summed E-state index contributed by atoms with van der Waals surface area (Å²) in [7, 11) is 1.53. The molecule has 3 N–H and O–H groups in total. The minimum absolute atomic E-state index is 0.165. The second-order valence-corrected chi connectivity index (χ2v) is 4.34. The van der Waals surface area contributed by atoms with Crippen molar-refractivity contribution in [3.8, 4) is 11.5 Å². The Balaban J connectivity index is 3.31. The highest BCUT2D eigenvalue weighted by Gasteiger charge is 2.18. The minimum atomic E-state index is 0.165. The fourth-order valence-electron chi connectivity index (χ4n) is 1.72. The van der Waals surface area contributed by atoms with Crippen LogP contribution in [-0.4, -0.2) is 18.8 Å². The zero-order chi connectivity index (χ0) is 12.3. The molecule has 4 nitrogen and oxygen atoms in total. The van der Waals surface area contributed by atoms with Crippen molar-refractivity contribution >= 4 is 15.9 Å². The van der Waals surface area contributed by atoms with Gasteiger partial charge in [0, 0.05) is 22.0 Å². The standard InChI is InChI=1S/C11H16BrNO3/c1-6-8(4-5-16-13)10(14)11(15-3)7(2)9(6)12/h14H,4-5,13H2,1-3H3. The Hall–Kier alpha value is -0.780. The molecule has 0 saturated carbocycles. The van der Waals surface area contributed by atoms with E-state index < -0.39 is 0 Å². The Labute approximate surface area is 103 Å². The van der Waals surface area contributed by atoms with Crippen LogP contribution in [0.5, 0.6) is 11.5 Å². The Bertz CT molecular complexity index is 394. The number of benzene rings is 1. The van der Waals surface area contributed by atoms with Crippen molar-refractivity contribution in [2.24, 2.45) is 5.90 Å². The lowest BCUT2D eigenvalue weighted by atomic mass is 10.0. The molecule has 0 aromatic heterocycles. The highest BCUT2D eigenvalue weighted by atomic mass is 79.9. The number of methoxy groups -OCH3 is 1. The maximum atomic E-state index is 10.1. The molecule has 1 aromatic rings. The highest BCUT2D eigenvalue weighted by molar-refractivity contribution is 9.10. The number of ether oxygens (including phenoxy) is 1. The molecule has 0 radical (unpaired) electrons. The second kappa shape index (κ2) is 5.52. The van der Waals surface area contributed by atoms with E-state index in [0.717, 1.165) is 21.2 Å². The maximum Gasteiger partial charge on any atom is 0.164 e. The summed E-state index contributed by atoms with van der Waals surface area (Å²) < 4.78 is 6.12. The van der Waals surface area contributed by atoms with Gasteiger partial charge in [-0.3, -0.25) is 0 Å². The van der Waals surface area contributed by atoms with E-state index in [-0.39, 0.29) is 5.75 Å². The Morgan fingerprint density at radius 1 is 1.31 bits per heavy atom. The number of hydrogen-bond acceptors (Lipinski definition) is 4. The monoisotopic (exact) mass is 289 g/mol. The predicted octanol–water partition coefficient (Wildman–Crippen LogP) is 2.21. The molecule has 1 rings (SSSR count). The normalized spacial score (nSPS) is 10.6. The first-order valence-corrected chi connectivity index (χ1v) is 5.70. The lowest BCUT2D eigenvalue weighted by molar-refractivity contribution is 0.140. The first kappa shape index (κ1) is 13.3. The van der Waals surface area contributed by atoms with Crippen molar-refractivity contribution in [1.29, 1.82) is 0 Å². The van der Waals surface area contributed by atoms with E-state index in [9.17, 15) is 5.11 Å². The van der Waals surface area contributed by atoms with Crippen molar-refractivity contribution in [1.82, 2.24) is 0 Å². The molecule has 0 spiro atoms. The molecule has 0 aliphatic rings. The van der Waals surface area contributed by atoms with Crippen LogP contribution >= 0.6 is 15.9 Å². The van der Waals surface area contributed by atoms with Gasteiger partial charge < -0.3 is 14.7 Å². The molecule has 0 aliphatic carbocycles. The summed E-state index contributed by atoms with van der Waals surface area (Å²) in [5.74, 6) is 5.65. The van der Waals surface area contributed by atoms with Crippen molar-refractivity contribution in [2.45, 2.75) is 20.3 Å². The van der Waals surface area contributed by atoms with E-state index in [4.69, 9.17) is 10.6 Å². The van der Waals surface area contributed by atoms with E-state index in [0.29, 0.717) is 18.8 Å². The quantitative estimate of drug-likeness (QED) is 0.834. The summed E-state index contributed by atoms with van der Waals surface area (Å²) in [5, 5.41) is 10.1. The molecule has 90 valence electrons. The number of phenols is 1. The van der Waals surface area contributed by atoms with Gasteiger partial charge in [0.15, 0.2) is 11.5 Å². The minimum Gasteiger partial charge on any atom is -0.504 e. The van der Waals surface area contributed by atoms with Crippen molar-refractivity contribution in [3.63, 3.8) is 0 Å². The third-order valence-corrected chi connectivity index (χ3v) is 3.82. The van der Waals surface area contributed by atoms with E-state index in [2.05, 4.69) is 20.8 Å². The number of nitrogens with two attached hydrogens (primary N) is 1. The first-order valence-electron chi connectivity index (χ1n) is 4.90. The molecular weight excluding hydrogens is 274 g/mol. The van der Waals surface area contributed by atoms with E-state index in [1.807, 2.05) is 13.8 Å². The van der Waals surface area contributed by atoms with Crippen LogP contribution in [0, 0.1) is 13.8 Å². The van der Waals surface area contributed by atoms with Gasteiger partial charge in [-0.15, -0.1) is 0 Å². The molecule has 0 bridgehead atoms. The fourth-order valence-corrected chi connectivity index (χ4v) is 2.14. The number of phenolic OH excluding ortho intramolecular Hbond substituents is 1. The molecule has 0 fully saturated rings. The summed E-state index contributed by atoms with van der Waals surface area (Å²) in [5.41, 5.74) is 2.66. The van der Waals surface area contributed by atoms with Crippen LogP contribution in [0.1, 0.15) is 16.7 Å². The van der Waals surface area contributed by atoms with Gasteiger partial charge in [0.2, 0.25) is 0 Å². The smallest absolute Gasteiger partial charge is 0.164 e. The second-order valence-electron chi connectivity index (χ2n) is 3.55. The molecule has 0 unspecified atom stereocenters. The third kappa shape index (κ3) is 2.31. The van der Waals surface area contributed by atoms with Gasteiger partial charge >= 0.3 is 0 Å². The molecule has 0 heterocycles. The van der Waals surface area contributed by atoms with Gasteiger partial charge in [0.1, 0.15) is 0 Å². The Morgan fingerprint density at radius 3 is 2.44 bits per heavy atom. The molecule has 0 saturated heterocycles. The average molecular weight is 290 g/mol. The zero-order valence-electron chi connectivity index (χ0n) is 9.63. The largest absolute Gasteiger partial charge is 0.504 e. The Morgan fingerprint density at radius 2 is 1.94 bits per heavy atom. The molecular formula is C11H16BrNO3. The number of halogens is 1. The predicted molar refractivity (Wildman–Crippen MR) is 65.7 cm³/mol. The molecule has 0 aliphatic heterocycles. The van der Waals surface area contributed by atoms with Gasteiger partial charge in [-0.05, 0) is 19.4 Å². The van der Waals surface area contributed by atoms with Crippen LogP contribution in [0.4, 0.5) is 0 Å². The Kier molecular flexibility index (Phi) is 4.58. The number of hydrogen-bond donors (Lipinski definition) is 2. The summed E-state index contributed by atoms with van der Waals surface area (Å²) in [6.45, 7) is 4.17. The SMILES string of the molecule is COc1c(C)c(Br)c(C)c(CCON)c1O. The van der Waals surface area contributed by atoms with Crippen molar-refractivity contribution in [2.75, 3.05) is 13.7 Å². The third-order valence-electron chi connectivity index (χ3n) is 2.63. The lowest BCUT2D eigenvalue weighted by Gasteiger charge is -2.16. The van der Waals surface area contributed by atoms with Gasteiger partial charge in [-0.2, -0.15) is 0 Å². The van der Waals surface area contributed by atoms with Crippen LogP contribution in [0.25, 0.3) is 0 Å². The summed E-state index contributed by atoms with van der Waals surface area (Å²) in [6, 6.07) is 0. The fraction of sp³-hybridized carbons (Fsp3) is 0.455. The van der Waals surface area contributed by atoms with Crippen molar-refractivity contribution in [3.05, 3.63) is 21.2 Å². The first-order chi connectivity index (χ1) is 7.54. The van der Waals surface area contributed by atoms with Crippen LogP contribution in [0.3, 0.4) is 0 Å². The lowest BCUT2D eigenvalue weighted by Crippen LogP contribution is -2.06. The zero-order valence-corrected chi connectivity index (χ0v) is 11.2.